The molecule has 2 aliphatic rings. The zero-order valence-corrected chi connectivity index (χ0v) is 17.0. The highest BCUT2D eigenvalue weighted by atomic mass is 16.5. The lowest BCUT2D eigenvalue weighted by molar-refractivity contribution is -0.130. The highest BCUT2D eigenvalue weighted by Gasteiger charge is 2.55. The first kappa shape index (κ1) is 19.7. The molecule has 3 N–H and O–H groups in total. The van der Waals surface area contributed by atoms with E-state index in [1.54, 1.807) is 6.07 Å². The minimum absolute atomic E-state index is 0.0401. The lowest BCUT2D eigenvalue weighted by atomic mass is 9.83. The molecule has 6 heteroatoms. The average Bonchev–Trinajstić information content (AvgIpc) is 3.27. The normalized spacial score (nSPS) is 26.0. The molecule has 154 valence electrons. The van der Waals surface area contributed by atoms with E-state index in [1.165, 1.54) is 0 Å². The summed E-state index contributed by atoms with van der Waals surface area (Å²) in [6, 6.07) is 14.8. The fraction of sp³-hybridized carbons (Fsp3) is 0.435. The molecule has 2 aliphatic heterocycles. The smallest absolute Gasteiger partial charge is 0.242 e. The molecule has 4 atom stereocenters. The molecule has 4 unspecified atom stereocenters. The number of phenols is 1. The van der Waals surface area contributed by atoms with Crippen molar-refractivity contribution in [3.05, 3.63) is 59.7 Å². The Morgan fingerprint density at radius 2 is 1.86 bits per heavy atom. The molecule has 2 aromatic carbocycles. The average molecular weight is 396 g/mol. The molecule has 2 fully saturated rings. The summed E-state index contributed by atoms with van der Waals surface area (Å²) >= 11 is 0. The van der Waals surface area contributed by atoms with Gasteiger partial charge in [0.15, 0.2) is 0 Å². The Bertz CT molecular complexity index is 872. The number of ether oxygens (including phenoxy) is 1. The van der Waals surface area contributed by atoms with Crippen LogP contribution < -0.4 is 15.6 Å². The molecule has 2 heterocycles. The monoisotopic (exact) mass is 395 g/mol. The Hall–Kier alpha value is -2.57. The van der Waals surface area contributed by atoms with Gasteiger partial charge in [-0.3, -0.25) is 4.79 Å². The summed E-state index contributed by atoms with van der Waals surface area (Å²) < 4.78 is 5.91. The number of phenolic OH excluding ortho intramolecular Hbond substituents is 1. The fourth-order valence-electron chi connectivity index (χ4n) is 4.59. The van der Waals surface area contributed by atoms with Gasteiger partial charge in [0.25, 0.3) is 0 Å². The largest absolute Gasteiger partial charge is 0.508 e. The Labute approximate surface area is 171 Å². The van der Waals surface area contributed by atoms with Crippen molar-refractivity contribution >= 4 is 5.91 Å². The van der Waals surface area contributed by atoms with E-state index in [-0.39, 0.29) is 35.7 Å². The van der Waals surface area contributed by atoms with Gasteiger partial charge in [-0.2, -0.15) is 0 Å². The first-order valence-corrected chi connectivity index (χ1v) is 10.5. The minimum atomic E-state index is -0.325. The van der Waals surface area contributed by atoms with Gasteiger partial charge >= 0.3 is 0 Å². The number of nitrogens with zero attached hydrogens (tertiary/aromatic N) is 1. The number of fused-ring (bicyclic) bond motifs is 1. The van der Waals surface area contributed by atoms with Gasteiger partial charge in [-0.25, -0.2) is 10.9 Å². The first-order chi connectivity index (χ1) is 14.2. The summed E-state index contributed by atoms with van der Waals surface area (Å²) in [6.07, 6.45) is 2.10. The van der Waals surface area contributed by atoms with Crippen molar-refractivity contribution in [2.24, 2.45) is 5.92 Å². The topological polar surface area (TPSA) is 73.8 Å². The highest BCUT2D eigenvalue weighted by Crippen LogP contribution is 2.48. The molecular weight excluding hydrogens is 366 g/mol. The van der Waals surface area contributed by atoms with E-state index >= 15 is 0 Å². The van der Waals surface area contributed by atoms with Crippen LogP contribution in [0.25, 0.3) is 0 Å². The molecule has 0 aromatic heterocycles. The number of hydrogen-bond acceptors (Lipinski definition) is 5. The number of amides is 1. The molecule has 29 heavy (non-hydrogen) atoms. The Morgan fingerprint density at radius 1 is 1.07 bits per heavy atom. The number of likely N-dealkylation sites (tertiary alicyclic amines) is 1. The van der Waals surface area contributed by atoms with Gasteiger partial charge < -0.3 is 14.7 Å². The fourth-order valence-corrected chi connectivity index (χ4v) is 4.59. The number of hydrazine groups is 1. The quantitative estimate of drug-likeness (QED) is 0.628. The zero-order valence-electron chi connectivity index (χ0n) is 17.0. The highest BCUT2D eigenvalue weighted by molar-refractivity contribution is 5.86. The molecule has 0 saturated carbocycles. The summed E-state index contributed by atoms with van der Waals surface area (Å²) in [5.41, 5.74) is 8.31. The van der Waals surface area contributed by atoms with E-state index in [2.05, 4.69) is 29.9 Å². The Morgan fingerprint density at radius 3 is 2.62 bits per heavy atom. The van der Waals surface area contributed by atoms with Gasteiger partial charge in [-0.1, -0.05) is 43.7 Å². The van der Waals surface area contributed by atoms with Gasteiger partial charge in [0.05, 0.1) is 18.7 Å². The van der Waals surface area contributed by atoms with E-state index < -0.39 is 0 Å². The molecule has 0 bridgehead atoms. The standard InChI is InChI=1S/C23H29N3O3/c1-3-5-13-29-16-10-8-9-15(14-16)22-19-20(17-11-6-7-12-18(17)27)24-25-21(19)23(28)26(22)4-2/h6-12,14,19-22,24-25,27H,3-5,13H2,1-2H3. The molecular formula is C23H29N3O3. The molecule has 6 nitrogen and oxygen atoms in total. The predicted octanol–water partition coefficient (Wildman–Crippen LogP) is 3.31. The number of para-hydroxylation sites is 1. The van der Waals surface area contributed by atoms with E-state index in [0.29, 0.717) is 13.2 Å². The van der Waals surface area contributed by atoms with E-state index in [4.69, 9.17) is 4.74 Å². The van der Waals surface area contributed by atoms with Gasteiger partial charge in [-0.15, -0.1) is 0 Å². The molecule has 2 aromatic rings. The van der Waals surface area contributed by atoms with Crippen molar-refractivity contribution in [1.82, 2.24) is 15.8 Å². The Kier molecular flexibility index (Phi) is 5.74. The molecule has 4 rings (SSSR count). The molecule has 0 spiro atoms. The third-order valence-electron chi connectivity index (χ3n) is 5.99. The number of carbonyl (C=O) groups excluding carboxylic acids is 1. The number of unbranched alkanes of at least 4 members (excludes halogenated alkanes) is 1. The number of likely N-dealkylation sites (N-methyl/N-ethyl adjacent to an activating group) is 1. The van der Waals surface area contributed by atoms with Crippen LogP contribution in [-0.2, 0) is 4.79 Å². The minimum Gasteiger partial charge on any atom is -0.508 e. The number of rotatable bonds is 7. The lowest BCUT2D eigenvalue weighted by Gasteiger charge is -2.31. The van der Waals surface area contributed by atoms with Crippen molar-refractivity contribution < 1.29 is 14.6 Å². The maximum atomic E-state index is 13.1. The van der Waals surface area contributed by atoms with Crippen LogP contribution in [0.2, 0.25) is 0 Å². The SMILES string of the molecule is CCCCOc1cccc(C2C3C(NNC3c3ccccc3O)C(=O)N2CC)c1. The first-order valence-electron chi connectivity index (χ1n) is 10.5. The summed E-state index contributed by atoms with van der Waals surface area (Å²) in [5, 5.41) is 10.4. The number of aromatic hydroxyl groups is 1. The Balaban J connectivity index is 1.69. The molecule has 1 amide bonds. The van der Waals surface area contributed by atoms with E-state index in [0.717, 1.165) is 29.7 Å². The molecule has 0 aliphatic carbocycles. The second kappa shape index (κ2) is 8.43. The van der Waals surface area contributed by atoms with Gasteiger partial charge in [0, 0.05) is 18.0 Å². The molecule has 2 saturated heterocycles. The van der Waals surface area contributed by atoms with Crippen LogP contribution in [-0.4, -0.2) is 35.1 Å². The van der Waals surface area contributed by atoms with E-state index in [1.807, 2.05) is 42.2 Å². The van der Waals surface area contributed by atoms with Crippen molar-refractivity contribution in [3.63, 3.8) is 0 Å². The van der Waals surface area contributed by atoms with Gasteiger partial charge in [0.2, 0.25) is 5.91 Å². The third-order valence-corrected chi connectivity index (χ3v) is 5.99. The van der Waals surface area contributed by atoms with Gasteiger partial charge in [0.1, 0.15) is 17.5 Å². The third kappa shape index (κ3) is 3.58. The lowest BCUT2D eigenvalue weighted by Crippen LogP contribution is -2.41. The number of carbonyl (C=O) groups is 1. The van der Waals surface area contributed by atoms with E-state index in [9.17, 15) is 9.90 Å². The van der Waals surface area contributed by atoms with Crippen LogP contribution in [0.3, 0.4) is 0 Å². The second-order valence-electron chi connectivity index (χ2n) is 7.72. The summed E-state index contributed by atoms with van der Waals surface area (Å²) in [6.45, 7) is 5.47. The van der Waals surface area contributed by atoms with Crippen LogP contribution in [0.15, 0.2) is 48.5 Å². The number of hydrogen-bond donors (Lipinski definition) is 3. The van der Waals surface area contributed by atoms with Crippen molar-refractivity contribution in [1.29, 1.82) is 0 Å². The predicted molar refractivity (Wildman–Crippen MR) is 111 cm³/mol. The second-order valence-corrected chi connectivity index (χ2v) is 7.72. The zero-order chi connectivity index (χ0) is 20.4. The van der Waals surface area contributed by atoms with Crippen LogP contribution in [0, 0.1) is 5.92 Å². The van der Waals surface area contributed by atoms with Crippen molar-refractivity contribution in [2.45, 2.75) is 44.8 Å². The van der Waals surface area contributed by atoms with Crippen molar-refractivity contribution in [3.8, 4) is 11.5 Å². The van der Waals surface area contributed by atoms with Crippen LogP contribution in [0.4, 0.5) is 0 Å². The maximum absolute atomic E-state index is 13.1. The summed E-state index contributed by atoms with van der Waals surface area (Å²) in [4.78, 5) is 15.0. The van der Waals surface area contributed by atoms with Crippen LogP contribution >= 0.6 is 0 Å². The van der Waals surface area contributed by atoms with Gasteiger partial charge in [-0.05, 0) is 37.1 Å². The summed E-state index contributed by atoms with van der Waals surface area (Å²) in [5.74, 6) is 1.12. The van der Waals surface area contributed by atoms with Crippen LogP contribution in [0.5, 0.6) is 11.5 Å². The summed E-state index contributed by atoms with van der Waals surface area (Å²) in [7, 11) is 0. The number of benzene rings is 2. The maximum Gasteiger partial charge on any atom is 0.242 e. The van der Waals surface area contributed by atoms with Crippen LogP contribution in [0.1, 0.15) is 49.9 Å². The van der Waals surface area contributed by atoms with Crippen molar-refractivity contribution in [2.75, 3.05) is 13.2 Å². The molecule has 0 radical (unpaired) electrons. The number of nitrogens with one attached hydrogen (secondary N) is 2.